The summed E-state index contributed by atoms with van der Waals surface area (Å²) in [5.74, 6) is 0.102. The smallest absolute Gasteiger partial charge is 0.231 e. The number of benzene rings is 3. The zero-order valence-corrected chi connectivity index (χ0v) is 20.6. The van der Waals surface area contributed by atoms with Gasteiger partial charge in [0.25, 0.3) is 0 Å². The number of amides is 1. The summed E-state index contributed by atoms with van der Waals surface area (Å²) in [6, 6.07) is 22.9. The van der Waals surface area contributed by atoms with Gasteiger partial charge in [-0.15, -0.1) is 0 Å². The normalized spacial score (nSPS) is 11.2. The van der Waals surface area contributed by atoms with Crippen molar-refractivity contribution in [2.45, 2.75) is 6.42 Å². The van der Waals surface area contributed by atoms with Crippen LogP contribution in [0.15, 0.2) is 96.0 Å². The average Bonchev–Trinajstić information content (AvgIpc) is 3.65. The molecule has 0 aliphatic carbocycles. The molecule has 3 heterocycles. The lowest BCUT2D eigenvalue weighted by Gasteiger charge is -2.07. The summed E-state index contributed by atoms with van der Waals surface area (Å²) in [5.41, 5.74) is 7.33. The number of imidazole rings is 1. The van der Waals surface area contributed by atoms with Crippen molar-refractivity contribution in [1.82, 2.24) is 24.5 Å². The number of carbonyl (C=O) groups is 1. The highest BCUT2D eigenvalue weighted by atomic mass is 35.5. The van der Waals surface area contributed by atoms with Gasteiger partial charge in [0.15, 0.2) is 0 Å². The molecule has 0 atom stereocenters. The fourth-order valence-corrected chi connectivity index (χ4v) is 4.33. The fraction of sp³-hybridized carbons (Fsp3) is 0.0714. The van der Waals surface area contributed by atoms with Crippen molar-refractivity contribution in [3.8, 4) is 28.1 Å². The van der Waals surface area contributed by atoms with E-state index >= 15 is 0 Å². The molecule has 8 nitrogen and oxygen atoms in total. The zero-order chi connectivity index (χ0) is 25.4. The number of aryl methyl sites for hydroxylation is 1. The molecule has 0 aliphatic rings. The number of anilines is 1. The van der Waals surface area contributed by atoms with Crippen molar-refractivity contribution >= 4 is 34.4 Å². The molecule has 1 N–H and O–H groups in total. The first-order valence-electron chi connectivity index (χ1n) is 11.6. The molecule has 0 saturated carbocycles. The van der Waals surface area contributed by atoms with E-state index in [1.807, 2.05) is 66.7 Å². The molecule has 0 fully saturated rings. The Kier molecular flexibility index (Phi) is 5.78. The second-order valence-electron chi connectivity index (χ2n) is 8.70. The van der Waals surface area contributed by atoms with Crippen molar-refractivity contribution in [2.75, 3.05) is 5.32 Å². The molecule has 6 aromatic rings. The number of halogens is 1. The summed E-state index contributed by atoms with van der Waals surface area (Å²) in [5, 5.41) is 11.7. The van der Waals surface area contributed by atoms with E-state index in [9.17, 15) is 4.79 Å². The highest BCUT2D eigenvalue weighted by molar-refractivity contribution is 6.30. The zero-order valence-electron chi connectivity index (χ0n) is 19.8. The number of fused-ring (bicyclic) bond motifs is 1. The Morgan fingerprint density at radius 3 is 2.51 bits per heavy atom. The second-order valence-corrected chi connectivity index (χ2v) is 9.13. The summed E-state index contributed by atoms with van der Waals surface area (Å²) in [6.07, 6.45) is 5.83. The summed E-state index contributed by atoms with van der Waals surface area (Å²) < 4.78 is 9.08. The first-order valence-corrected chi connectivity index (χ1v) is 12.0. The van der Waals surface area contributed by atoms with Crippen LogP contribution in [0.4, 0.5) is 5.88 Å². The van der Waals surface area contributed by atoms with Crippen LogP contribution in [-0.2, 0) is 18.3 Å². The van der Waals surface area contributed by atoms with Crippen molar-refractivity contribution in [1.29, 1.82) is 0 Å². The van der Waals surface area contributed by atoms with E-state index in [2.05, 4.69) is 38.8 Å². The van der Waals surface area contributed by atoms with Crippen LogP contribution >= 0.6 is 11.6 Å². The maximum Gasteiger partial charge on any atom is 0.231 e. The molecular formula is C28H21ClN6O2. The minimum absolute atomic E-state index is 0.192. The Balaban J connectivity index is 1.13. The van der Waals surface area contributed by atoms with Crippen LogP contribution < -0.4 is 5.32 Å². The van der Waals surface area contributed by atoms with Gasteiger partial charge < -0.3 is 4.52 Å². The largest absolute Gasteiger partial charge is 0.338 e. The maximum atomic E-state index is 12.6. The van der Waals surface area contributed by atoms with Crippen LogP contribution in [0.3, 0.4) is 0 Å². The van der Waals surface area contributed by atoms with Gasteiger partial charge in [-0.1, -0.05) is 47.1 Å². The third-order valence-corrected chi connectivity index (χ3v) is 6.33. The first-order chi connectivity index (χ1) is 18.0. The van der Waals surface area contributed by atoms with Gasteiger partial charge in [-0.25, -0.2) is 4.98 Å². The standard InChI is InChI=1S/C28H21ClN6O2/c1-34-16-21(15-31-34)20-6-11-26-25(13-20)30-17-35(26)23-9-2-18(3-10-23)12-27(36)32-28-14-24(33-37-28)19-4-7-22(29)8-5-19/h2-11,13-17H,12H2,1H3,(H,32,36). The topological polar surface area (TPSA) is 90.8 Å². The summed E-state index contributed by atoms with van der Waals surface area (Å²) in [7, 11) is 1.90. The number of rotatable bonds is 6. The Bertz CT molecular complexity index is 1710. The molecule has 37 heavy (non-hydrogen) atoms. The van der Waals surface area contributed by atoms with E-state index in [1.165, 1.54) is 0 Å². The highest BCUT2D eigenvalue weighted by Gasteiger charge is 2.12. The monoisotopic (exact) mass is 508 g/mol. The van der Waals surface area contributed by atoms with Crippen molar-refractivity contribution in [2.24, 2.45) is 7.05 Å². The molecular weight excluding hydrogens is 488 g/mol. The van der Waals surface area contributed by atoms with E-state index in [0.29, 0.717) is 16.6 Å². The van der Waals surface area contributed by atoms with Crippen LogP contribution in [0.5, 0.6) is 0 Å². The predicted octanol–water partition coefficient (Wildman–Crippen LogP) is 5.92. The molecule has 3 aromatic carbocycles. The lowest BCUT2D eigenvalue weighted by molar-refractivity contribution is -0.115. The molecule has 9 heteroatoms. The third-order valence-electron chi connectivity index (χ3n) is 6.08. The van der Waals surface area contributed by atoms with Crippen LogP contribution in [0, 0.1) is 0 Å². The molecule has 6 rings (SSSR count). The van der Waals surface area contributed by atoms with Crippen LogP contribution in [0.25, 0.3) is 39.1 Å². The Morgan fingerprint density at radius 2 is 1.76 bits per heavy atom. The average molecular weight is 509 g/mol. The second kappa shape index (κ2) is 9.40. The molecule has 0 saturated heterocycles. The lowest BCUT2D eigenvalue weighted by atomic mass is 10.1. The molecule has 0 aliphatic heterocycles. The van der Waals surface area contributed by atoms with E-state index in [4.69, 9.17) is 16.1 Å². The number of hydrogen-bond donors (Lipinski definition) is 1. The van der Waals surface area contributed by atoms with E-state index in [1.54, 1.807) is 22.9 Å². The lowest BCUT2D eigenvalue weighted by Crippen LogP contribution is -2.13. The van der Waals surface area contributed by atoms with Gasteiger partial charge in [-0.3, -0.25) is 19.4 Å². The quantitative estimate of drug-likeness (QED) is 0.302. The Hall–Kier alpha value is -4.69. The number of nitrogens with zero attached hydrogens (tertiary/aromatic N) is 5. The van der Waals surface area contributed by atoms with Crippen LogP contribution in [0.2, 0.25) is 5.02 Å². The summed E-state index contributed by atoms with van der Waals surface area (Å²) in [4.78, 5) is 17.2. The van der Waals surface area contributed by atoms with Gasteiger partial charge in [0, 0.05) is 41.1 Å². The van der Waals surface area contributed by atoms with Crippen molar-refractivity contribution < 1.29 is 9.32 Å². The molecule has 182 valence electrons. The molecule has 0 unspecified atom stereocenters. The molecule has 1 amide bonds. The van der Waals surface area contributed by atoms with Gasteiger partial charge in [0.05, 0.1) is 23.7 Å². The Labute approximate surface area is 217 Å². The number of hydrogen-bond acceptors (Lipinski definition) is 5. The van der Waals surface area contributed by atoms with Crippen LogP contribution in [0.1, 0.15) is 5.56 Å². The van der Waals surface area contributed by atoms with Crippen molar-refractivity contribution in [3.05, 3.63) is 102 Å². The predicted molar refractivity (Wildman–Crippen MR) is 143 cm³/mol. The van der Waals surface area contributed by atoms with Gasteiger partial charge >= 0.3 is 0 Å². The fourth-order valence-electron chi connectivity index (χ4n) is 4.20. The van der Waals surface area contributed by atoms with Gasteiger partial charge in [-0.2, -0.15) is 5.10 Å². The van der Waals surface area contributed by atoms with Crippen LogP contribution in [-0.4, -0.2) is 30.4 Å². The van der Waals surface area contributed by atoms with E-state index in [0.717, 1.165) is 39.0 Å². The SMILES string of the molecule is Cn1cc(-c2ccc3c(c2)ncn3-c2ccc(CC(=O)Nc3cc(-c4ccc(Cl)cc4)no3)cc2)cn1. The minimum Gasteiger partial charge on any atom is -0.338 e. The van der Waals surface area contributed by atoms with Gasteiger partial charge in [-0.05, 0) is 47.5 Å². The number of nitrogens with one attached hydrogen (secondary N) is 1. The summed E-state index contributed by atoms with van der Waals surface area (Å²) >= 11 is 5.93. The molecule has 0 spiro atoms. The maximum absolute atomic E-state index is 12.6. The van der Waals surface area contributed by atoms with Gasteiger partial charge in [0.2, 0.25) is 11.8 Å². The third kappa shape index (κ3) is 4.74. The minimum atomic E-state index is -0.192. The van der Waals surface area contributed by atoms with E-state index < -0.39 is 0 Å². The van der Waals surface area contributed by atoms with E-state index in [-0.39, 0.29) is 12.3 Å². The molecule has 3 aromatic heterocycles. The summed E-state index contributed by atoms with van der Waals surface area (Å²) in [6.45, 7) is 0. The molecule has 0 radical (unpaired) electrons. The highest BCUT2D eigenvalue weighted by Crippen LogP contribution is 2.26. The van der Waals surface area contributed by atoms with Gasteiger partial charge in [0.1, 0.15) is 12.0 Å². The number of carbonyl (C=O) groups excluding carboxylic acids is 1. The number of aromatic nitrogens is 5. The Morgan fingerprint density at radius 1 is 0.973 bits per heavy atom. The first kappa shape index (κ1) is 22.8. The van der Waals surface area contributed by atoms with Crippen molar-refractivity contribution in [3.63, 3.8) is 0 Å². The molecule has 0 bridgehead atoms.